The van der Waals surface area contributed by atoms with E-state index in [2.05, 4.69) is 41.0 Å². The fourth-order valence-electron chi connectivity index (χ4n) is 1.79. The van der Waals surface area contributed by atoms with Gasteiger partial charge in [0.05, 0.1) is 6.61 Å². The maximum atomic E-state index is 6.11. The Morgan fingerprint density at radius 2 is 2.00 bits per heavy atom. The first kappa shape index (κ1) is 17.5. The molecule has 0 aromatic carbocycles. The van der Waals surface area contributed by atoms with E-state index >= 15 is 0 Å². The highest BCUT2D eigenvalue weighted by atomic mass is 16.5. The van der Waals surface area contributed by atoms with Crippen LogP contribution < -0.4 is 15.8 Å². The second-order valence-corrected chi connectivity index (χ2v) is 5.88. The summed E-state index contributed by atoms with van der Waals surface area (Å²) in [5.74, 6) is 2.43. The van der Waals surface area contributed by atoms with Gasteiger partial charge in [-0.2, -0.15) is 4.98 Å². The first-order chi connectivity index (χ1) is 9.93. The van der Waals surface area contributed by atoms with Crippen LogP contribution in [0.5, 0.6) is 5.88 Å². The van der Waals surface area contributed by atoms with Gasteiger partial charge in [0, 0.05) is 19.5 Å². The van der Waals surface area contributed by atoms with Crippen LogP contribution in [0.25, 0.3) is 0 Å². The van der Waals surface area contributed by atoms with Gasteiger partial charge in [-0.25, -0.2) is 4.98 Å². The Hall–Kier alpha value is -1.56. The molecule has 0 saturated carbocycles. The molecule has 0 aliphatic carbocycles. The van der Waals surface area contributed by atoms with Gasteiger partial charge >= 0.3 is 0 Å². The van der Waals surface area contributed by atoms with Crippen molar-refractivity contribution in [2.24, 2.45) is 5.92 Å². The minimum atomic E-state index is 0.488. The topological polar surface area (TPSA) is 76.3 Å². The van der Waals surface area contributed by atoms with E-state index in [1.165, 1.54) is 0 Å². The summed E-state index contributed by atoms with van der Waals surface area (Å²) < 4.78 is 5.65. The zero-order valence-electron chi connectivity index (χ0n) is 13.9. The molecule has 0 saturated heterocycles. The Bertz CT molecular complexity index is 434. The molecular formula is C15H29N5O. The first-order valence-electron chi connectivity index (χ1n) is 7.61. The lowest BCUT2D eigenvalue weighted by Gasteiger charge is -2.16. The van der Waals surface area contributed by atoms with E-state index < -0.39 is 0 Å². The summed E-state index contributed by atoms with van der Waals surface area (Å²) in [6.07, 6.45) is 1.73. The highest BCUT2D eigenvalue weighted by Gasteiger charge is 2.13. The van der Waals surface area contributed by atoms with Crippen LogP contribution in [0.15, 0.2) is 0 Å². The maximum absolute atomic E-state index is 6.11. The van der Waals surface area contributed by atoms with Gasteiger partial charge in [0.2, 0.25) is 5.88 Å². The number of hydrogen-bond acceptors (Lipinski definition) is 6. The minimum Gasteiger partial charge on any atom is -0.476 e. The normalized spacial score (nSPS) is 11.2. The Labute approximate surface area is 128 Å². The molecule has 6 nitrogen and oxygen atoms in total. The molecule has 21 heavy (non-hydrogen) atoms. The number of nitrogens with two attached hydrogens (primary N) is 1. The third-order valence-corrected chi connectivity index (χ3v) is 2.84. The Balaban J connectivity index is 2.91. The van der Waals surface area contributed by atoms with E-state index in [9.17, 15) is 0 Å². The molecule has 0 radical (unpaired) electrons. The average molecular weight is 295 g/mol. The van der Waals surface area contributed by atoms with Crippen LogP contribution in [0.4, 0.5) is 11.5 Å². The third kappa shape index (κ3) is 6.16. The Kier molecular flexibility index (Phi) is 7.22. The Morgan fingerprint density at radius 3 is 2.57 bits per heavy atom. The number of aromatic nitrogens is 2. The molecule has 1 aromatic rings. The Morgan fingerprint density at radius 1 is 1.29 bits per heavy atom. The van der Waals surface area contributed by atoms with Crippen molar-refractivity contribution in [1.82, 2.24) is 14.9 Å². The van der Waals surface area contributed by atoms with Crippen molar-refractivity contribution in [2.45, 2.75) is 33.6 Å². The monoisotopic (exact) mass is 295 g/mol. The second kappa shape index (κ2) is 8.67. The molecule has 1 heterocycles. The summed E-state index contributed by atoms with van der Waals surface area (Å²) >= 11 is 0. The highest BCUT2D eigenvalue weighted by Crippen LogP contribution is 2.26. The van der Waals surface area contributed by atoms with E-state index in [1.807, 2.05) is 14.1 Å². The predicted molar refractivity (Wildman–Crippen MR) is 87.8 cm³/mol. The quantitative estimate of drug-likeness (QED) is 0.726. The SMILES string of the molecule is CCCOc1nc(CC(C)C)nc(NCCN(C)C)c1N. The van der Waals surface area contributed by atoms with Gasteiger partial charge in [0.1, 0.15) is 11.5 Å². The van der Waals surface area contributed by atoms with Gasteiger partial charge < -0.3 is 20.7 Å². The number of nitrogens with zero attached hydrogens (tertiary/aromatic N) is 3. The molecule has 3 N–H and O–H groups in total. The lowest BCUT2D eigenvalue weighted by atomic mass is 10.1. The number of ether oxygens (including phenoxy) is 1. The van der Waals surface area contributed by atoms with Crippen LogP contribution in [0.1, 0.15) is 33.0 Å². The summed E-state index contributed by atoms with van der Waals surface area (Å²) in [6, 6.07) is 0. The first-order valence-corrected chi connectivity index (χ1v) is 7.61. The molecule has 1 rings (SSSR count). The fraction of sp³-hybridized carbons (Fsp3) is 0.733. The lowest BCUT2D eigenvalue weighted by molar-refractivity contribution is 0.305. The van der Waals surface area contributed by atoms with Gasteiger partial charge in [0.25, 0.3) is 0 Å². The number of nitrogen functional groups attached to an aromatic ring is 1. The van der Waals surface area contributed by atoms with Crippen molar-refractivity contribution in [2.75, 3.05) is 44.8 Å². The molecule has 0 unspecified atom stereocenters. The van der Waals surface area contributed by atoms with E-state index in [-0.39, 0.29) is 0 Å². The van der Waals surface area contributed by atoms with E-state index in [0.717, 1.165) is 31.8 Å². The summed E-state index contributed by atoms with van der Waals surface area (Å²) in [7, 11) is 4.07. The van der Waals surface area contributed by atoms with Gasteiger partial charge in [0.15, 0.2) is 5.82 Å². The molecule has 0 bridgehead atoms. The summed E-state index contributed by atoms with van der Waals surface area (Å²) in [4.78, 5) is 11.1. The van der Waals surface area contributed by atoms with Gasteiger partial charge in [-0.1, -0.05) is 20.8 Å². The zero-order chi connectivity index (χ0) is 15.8. The standard InChI is InChI=1S/C15H29N5O/c1-6-9-21-15-13(16)14(17-7-8-20(4)5)18-12(19-15)10-11(2)3/h11H,6-10,16H2,1-5H3,(H,17,18,19). The van der Waals surface area contributed by atoms with Crippen molar-refractivity contribution in [3.63, 3.8) is 0 Å². The summed E-state index contributed by atoms with van der Waals surface area (Å²) in [6.45, 7) is 8.65. The van der Waals surface area contributed by atoms with Gasteiger partial charge in [-0.05, 0) is 26.4 Å². The number of nitrogens with one attached hydrogen (secondary N) is 1. The molecule has 0 fully saturated rings. The molecule has 120 valence electrons. The van der Waals surface area contributed by atoms with E-state index in [0.29, 0.717) is 29.9 Å². The maximum Gasteiger partial charge on any atom is 0.242 e. The van der Waals surface area contributed by atoms with Crippen LogP contribution in [0.2, 0.25) is 0 Å². The van der Waals surface area contributed by atoms with Crippen LogP contribution in [0.3, 0.4) is 0 Å². The largest absolute Gasteiger partial charge is 0.476 e. The molecule has 6 heteroatoms. The lowest BCUT2D eigenvalue weighted by Crippen LogP contribution is -2.22. The van der Waals surface area contributed by atoms with Crippen LogP contribution in [0, 0.1) is 5.92 Å². The predicted octanol–water partition coefficient (Wildman–Crippen LogP) is 2.02. The molecule has 0 spiro atoms. The van der Waals surface area contributed by atoms with Crippen molar-refractivity contribution in [3.05, 3.63) is 5.82 Å². The van der Waals surface area contributed by atoms with Crippen molar-refractivity contribution in [1.29, 1.82) is 0 Å². The number of rotatable bonds is 9. The van der Waals surface area contributed by atoms with Crippen LogP contribution in [-0.2, 0) is 6.42 Å². The van der Waals surface area contributed by atoms with E-state index in [4.69, 9.17) is 10.5 Å². The van der Waals surface area contributed by atoms with Gasteiger partial charge in [-0.3, -0.25) is 0 Å². The average Bonchev–Trinajstić information content (AvgIpc) is 2.39. The van der Waals surface area contributed by atoms with Crippen molar-refractivity contribution < 1.29 is 4.74 Å². The molecular weight excluding hydrogens is 266 g/mol. The number of hydrogen-bond donors (Lipinski definition) is 2. The minimum absolute atomic E-state index is 0.488. The van der Waals surface area contributed by atoms with E-state index in [1.54, 1.807) is 0 Å². The molecule has 0 aliphatic rings. The van der Waals surface area contributed by atoms with Gasteiger partial charge in [-0.15, -0.1) is 0 Å². The number of anilines is 2. The second-order valence-electron chi connectivity index (χ2n) is 5.88. The molecule has 0 atom stereocenters. The zero-order valence-corrected chi connectivity index (χ0v) is 13.9. The van der Waals surface area contributed by atoms with Crippen molar-refractivity contribution >= 4 is 11.5 Å². The number of likely N-dealkylation sites (N-methyl/N-ethyl adjacent to an activating group) is 1. The summed E-state index contributed by atoms with van der Waals surface area (Å²) in [5.41, 5.74) is 6.61. The summed E-state index contributed by atoms with van der Waals surface area (Å²) in [5, 5.41) is 3.28. The van der Waals surface area contributed by atoms with Crippen LogP contribution >= 0.6 is 0 Å². The van der Waals surface area contributed by atoms with Crippen molar-refractivity contribution in [3.8, 4) is 5.88 Å². The highest BCUT2D eigenvalue weighted by molar-refractivity contribution is 5.66. The fourth-order valence-corrected chi connectivity index (χ4v) is 1.79. The molecule has 0 aliphatic heterocycles. The molecule has 0 amide bonds. The smallest absolute Gasteiger partial charge is 0.242 e. The third-order valence-electron chi connectivity index (χ3n) is 2.84. The van der Waals surface area contributed by atoms with Crippen LogP contribution in [-0.4, -0.2) is 48.7 Å². The molecule has 1 aromatic heterocycles.